The van der Waals surface area contributed by atoms with Crippen LogP contribution in [0, 0.1) is 11.8 Å². The lowest BCUT2D eigenvalue weighted by Crippen LogP contribution is -2.48. The lowest BCUT2D eigenvalue weighted by atomic mass is 9.79. The number of carbonyl (C=O) groups excluding carboxylic acids is 1. The first-order chi connectivity index (χ1) is 13.4. The fourth-order valence-corrected chi connectivity index (χ4v) is 3.95. The van der Waals surface area contributed by atoms with Crippen LogP contribution in [0.25, 0.3) is 0 Å². The summed E-state index contributed by atoms with van der Waals surface area (Å²) in [4.78, 5) is 18.3. The maximum atomic E-state index is 12.1. The first kappa shape index (κ1) is 20.5. The van der Waals surface area contributed by atoms with Gasteiger partial charge in [-0.05, 0) is 37.2 Å². The lowest BCUT2D eigenvalue weighted by molar-refractivity contribution is -0.127. The van der Waals surface area contributed by atoms with Crippen molar-refractivity contribution in [1.82, 2.24) is 15.5 Å². The zero-order valence-corrected chi connectivity index (χ0v) is 17.6. The zero-order chi connectivity index (χ0) is 20.1. The van der Waals surface area contributed by atoms with E-state index in [1.54, 1.807) is 19.0 Å². The lowest BCUT2D eigenvalue weighted by Gasteiger charge is -2.34. The monoisotopic (exact) mass is 386 g/mol. The Morgan fingerprint density at radius 1 is 1.14 bits per heavy atom. The second-order valence-electron chi connectivity index (χ2n) is 8.43. The Morgan fingerprint density at radius 2 is 1.93 bits per heavy atom. The summed E-state index contributed by atoms with van der Waals surface area (Å²) in [6.07, 6.45) is 4.37. The third-order valence-corrected chi connectivity index (χ3v) is 6.08. The zero-order valence-electron chi connectivity index (χ0n) is 17.6. The number of nitrogens with one attached hydrogen (secondary N) is 2. The van der Waals surface area contributed by atoms with Gasteiger partial charge in [-0.3, -0.25) is 4.79 Å². The van der Waals surface area contributed by atoms with Crippen LogP contribution in [0.4, 0.5) is 0 Å². The molecule has 4 unspecified atom stereocenters. The number of benzene rings is 1. The van der Waals surface area contributed by atoms with Gasteiger partial charge in [0.2, 0.25) is 5.91 Å². The van der Waals surface area contributed by atoms with Crippen LogP contribution in [-0.2, 0) is 4.79 Å². The molecule has 1 heterocycles. The fraction of sp³-hybridized carbons (Fsp3) is 0.636. The van der Waals surface area contributed by atoms with E-state index in [2.05, 4.69) is 35.5 Å². The van der Waals surface area contributed by atoms with E-state index in [0.717, 1.165) is 42.5 Å². The van der Waals surface area contributed by atoms with Crippen molar-refractivity contribution in [3.8, 4) is 5.75 Å². The fourth-order valence-electron chi connectivity index (χ4n) is 3.95. The summed E-state index contributed by atoms with van der Waals surface area (Å²) in [5, 5.41) is 7.17. The second-order valence-corrected chi connectivity index (χ2v) is 8.43. The third-order valence-electron chi connectivity index (χ3n) is 6.08. The average Bonchev–Trinajstić information content (AvgIpc) is 2.69. The van der Waals surface area contributed by atoms with Gasteiger partial charge in [-0.15, -0.1) is 0 Å². The van der Waals surface area contributed by atoms with Gasteiger partial charge in [-0.2, -0.15) is 0 Å². The Morgan fingerprint density at radius 3 is 2.68 bits per heavy atom. The molecular formula is C22H34N4O2. The molecule has 0 radical (unpaired) electrons. The highest BCUT2D eigenvalue weighted by atomic mass is 16.5. The van der Waals surface area contributed by atoms with E-state index in [1.807, 2.05) is 18.2 Å². The Bertz CT molecular complexity index is 704. The van der Waals surface area contributed by atoms with E-state index in [1.165, 1.54) is 6.42 Å². The van der Waals surface area contributed by atoms with Crippen molar-refractivity contribution in [3.63, 3.8) is 0 Å². The van der Waals surface area contributed by atoms with Crippen molar-refractivity contribution in [2.75, 3.05) is 27.2 Å². The number of hydrogen-bond acceptors (Lipinski definition) is 3. The van der Waals surface area contributed by atoms with Crippen LogP contribution in [-0.4, -0.2) is 50.1 Å². The van der Waals surface area contributed by atoms with Gasteiger partial charge in [0.25, 0.3) is 0 Å². The molecule has 4 atom stereocenters. The Labute approximate surface area is 168 Å². The summed E-state index contributed by atoms with van der Waals surface area (Å²) >= 11 is 0. The summed E-state index contributed by atoms with van der Waals surface area (Å²) < 4.78 is 5.78. The molecule has 6 heteroatoms. The molecule has 1 aromatic carbocycles. The molecule has 0 spiro atoms. The molecule has 1 fully saturated rings. The number of nitrogens with zero attached hydrogens (tertiary/aromatic N) is 2. The van der Waals surface area contributed by atoms with Gasteiger partial charge in [0.1, 0.15) is 12.3 Å². The predicted molar refractivity (Wildman–Crippen MR) is 113 cm³/mol. The number of guanidine groups is 1. The van der Waals surface area contributed by atoms with E-state index in [0.29, 0.717) is 18.6 Å². The minimum Gasteiger partial charge on any atom is -0.493 e. The molecule has 1 aliphatic carbocycles. The van der Waals surface area contributed by atoms with Crippen LogP contribution < -0.4 is 15.4 Å². The Hall–Kier alpha value is -2.24. The minimum atomic E-state index is -0.000822. The van der Waals surface area contributed by atoms with Crippen LogP contribution >= 0.6 is 0 Å². The molecular weight excluding hydrogens is 352 g/mol. The molecule has 6 nitrogen and oxygen atoms in total. The van der Waals surface area contributed by atoms with Crippen molar-refractivity contribution in [2.24, 2.45) is 16.8 Å². The number of aliphatic imine (C=N–C) groups is 1. The number of para-hydroxylation sites is 1. The Kier molecular flexibility index (Phi) is 6.81. The van der Waals surface area contributed by atoms with Gasteiger partial charge in [0.05, 0.1) is 12.6 Å². The van der Waals surface area contributed by atoms with Gasteiger partial charge in [-0.25, -0.2) is 4.99 Å². The quantitative estimate of drug-likeness (QED) is 0.617. The van der Waals surface area contributed by atoms with Crippen molar-refractivity contribution in [3.05, 3.63) is 29.8 Å². The highest BCUT2D eigenvalue weighted by Gasteiger charge is 2.27. The van der Waals surface area contributed by atoms with Gasteiger partial charge in [-0.1, -0.05) is 32.0 Å². The molecule has 2 aliphatic rings. The molecule has 1 aromatic rings. The highest BCUT2D eigenvalue weighted by molar-refractivity contribution is 5.85. The van der Waals surface area contributed by atoms with E-state index in [4.69, 9.17) is 4.74 Å². The number of rotatable bonds is 4. The summed E-state index contributed by atoms with van der Waals surface area (Å²) in [6.45, 7) is 5.48. The topological polar surface area (TPSA) is 66.0 Å². The minimum absolute atomic E-state index is 0.000822. The number of carbonyl (C=O) groups is 1. The van der Waals surface area contributed by atoms with E-state index < -0.39 is 0 Å². The normalized spacial score (nSPS) is 27.4. The van der Waals surface area contributed by atoms with Crippen LogP contribution in [0.1, 0.15) is 51.1 Å². The SMILES string of the molecule is CC1CCC(NC(=NCC(=O)N(C)C)NC2CCOc3ccccc32)CC1C. The molecule has 3 rings (SSSR count). The molecule has 0 aromatic heterocycles. The van der Waals surface area contributed by atoms with Crippen LogP contribution in [0.15, 0.2) is 29.3 Å². The van der Waals surface area contributed by atoms with Gasteiger partial charge in [0, 0.05) is 32.1 Å². The van der Waals surface area contributed by atoms with Crippen LogP contribution in [0.5, 0.6) is 5.75 Å². The number of amides is 1. The number of fused-ring (bicyclic) bond motifs is 1. The predicted octanol–water partition coefficient (Wildman–Crippen LogP) is 2.96. The summed E-state index contributed by atoms with van der Waals surface area (Å²) in [7, 11) is 3.52. The molecule has 1 aliphatic heterocycles. The molecule has 154 valence electrons. The van der Waals surface area contributed by atoms with E-state index in [9.17, 15) is 4.79 Å². The Balaban J connectivity index is 1.73. The number of hydrogen-bond donors (Lipinski definition) is 2. The van der Waals surface area contributed by atoms with Crippen molar-refractivity contribution in [1.29, 1.82) is 0 Å². The smallest absolute Gasteiger partial charge is 0.243 e. The van der Waals surface area contributed by atoms with Crippen LogP contribution in [0.2, 0.25) is 0 Å². The third kappa shape index (κ3) is 5.18. The summed E-state index contributed by atoms with van der Waals surface area (Å²) in [6, 6.07) is 8.65. The van der Waals surface area contributed by atoms with Gasteiger partial charge >= 0.3 is 0 Å². The number of likely N-dealkylation sites (N-methyl/N-ethyl adjacent to an activating group) is 1. The summed E-state index contributed by atoms with van der Waals surface area (Å²) in [5.41, 5.74) is 1.15. The standard InChI is InChI=1S/C22H34N4O2/c1-15-9-10-17(13-16(15)2)24-22(23-14-21(27)26(3)4)25-19-11-12-28-20-8-6-5-7-18(19)20/h5-8,15-17,19H,9-14H2,1-4H3,(H2,23,24,25). The van der Waals surface area contributed by atoms with Crippen molar-refractivity contribution < 1.29 is 9.53 Å². The van der Waals surface area contributed by atoms with Crippen molar-refractivity contribution in [2.45, 2.75) is 51.6 Å². The second kappa shape index (κ2) is 9.30. The largest absolute Gasteiger partial charge is 0.493 e. The van der Waals surface area contributed by atoms with Gasteiger partial charge < -0.3 is 20.3 Å². The highest BCUT2D eigenvalue weighted by Crippen LogP contribution is 2.32. The molecule has 28 heavy (non-hydrogen) atoms. The van der Waals surface area contributed by atoms with Gasteiger partial charge in [0.15, 0.2) is 5.96 Å². The molecule has 0 saturated heterocycles. The molecule has 1 amide bonds. The molecule has 2 N–H and O–H groups in total. The number of ether oxygens (including phenoxy) is 1. The average molecular weight is 387 g/mol. The summed E-state index contributed by atoms with van der Waals surface area (Å²) in [5.74, 6) is 3.11. The maximum absolute atomic E-state index is 12.1. The first-order valence-electron chi connectivity index (χ1n) is 10.4. The maximum Gasteiger partial charge on any atom is 0.243 e. The first-order valence-corrected chi connectivity index (χ1v) is 10.4. The van der Waals surface area contributed by atoms with E-state index in [-0.39, 0.29) is 18.5 Å². The molecule has 1 saturated carbocycles. The van der Waals surface area contributed by atoms with Crippen LogP contribution in [0.3, 0.4) is 0 Å². The van der Waals surface area contributed by atoms with E-state index >= 15 is 0 Å². The molecule has 0 bridgehead atoms. The van der Waals surface area contributed by atoms with Crippen molar-refractivity contribution >= 4 is 11.9 Å².